The Morgan fingerprint density at radius 3 is 2.92 bits per heavy atom. The summed E-state index contributed by atoms with van der Waals surface area (Å²) in [5.41, 5.74) is 0.895. The second kappa shape index (κ2) is 3.42. The number of halogens is 1. The highest BCUT2D eigenvalue weighted by atomic mass is 79.9. The third-order valence-corrected chi connectivity index (χ3v) is 3.12. The van der Waals surface area contributed by atoms with E-state index in [1.807, 2.05) is 7.05 Å². The molecule has 0 bridgehead atoms. The van der Waals surface area contributed by atoms with Crippen LogP contribution in [0.2, 0.25) is 0 Å². The van der Waals surface area contributed by atoms with Gasteiger partial charge in [-0.15, -0.1) is 0 Å². The number of aliphatic hydroxyl groups is 1. The lowest BCUT2D eigenvalue weighted by molar-refractivity contribution is 0.150. The summed E-state index contributed by atoms with van der Waals surface area (Å²) in [5.74, 6) is 0.733. The largest absolute Gasteiger partial charge is 0.387 e. The van der Waals surface area contributed by atoms with Crippen molar-refractivity contribution >= 4 is 15.9 Å². The van der Waals surface area contributed by atoms with E-state index >= 15 is 0 Å². The molecule has 13 heavy (non-hydrogen) atoms. The highest BCUT2D eigenvalue weighted by Gasteiger charge is 2.27. The molecule has 0 spiro atoms. The first-order chi connectivity index (χ1) is 6.18. The first kappa shape index (κ1) is 9.21. The molecule has 0 radical (unpaired) electrons. The average Bonchev–Trinajstić information content (AvgIpc) is 2.79. The zero-order valence-corrected chi connectivity index (χ0v) is 9.16. The van der Waals surface area contributed by atoms with Gasteiger partial charge in [-0.05, 0) is 28.3 Å². The standard InChI is InChI=1S/C9H13BrN2O/c1-12-9(7(10)5-11-12)8(13)4-6-2-3-6/h5-6,8,13H,2-4H2,1H3. The van der Waals surface area contributed by atoms with Crippen LogP contribution in [0.15, 0.2) is 10.7 Å². The van der Waals surface area contributed by atoms with Gasteiger partial charge in [0.15, 0.2) is 0 Å². The average molecular weight is 245 g/mol. The summed E-state index contributed by atoms with van der Waals surface area (Å²) >= 11 is 3.38. The monoisotopic (exact) mass is 244 g/mol. The fraction of sp³-hybridized carbons (Fsp3) is 0.667. The Labute approximate surface area is 85.9 Å². The first-order valence-corrected chi connectivity index (χ1v) is 5.33. The van der Waals surface area contributed by atoms with Crippen molar-refractivity contribution in [1.82, 2.24) is 9.78 Å². The van der Waals surface area contributed by atoms with Crippen LogP contribution < -0.4 is 0 Å². The number of hydrogen-bond acceptors (Lipinski definition) is 2. The van der Waals surface area contributed by atoms with E-state index in [0.717, 1.165) is 22.5 Å². The fourth-order valence-corrected chi connectivity index (χ4v) is 2.19. The second-order valence-electron chi connectivity index (χ2n) is 3.70. The van der Waals surface area contributed by atoms with Gasteiger partial charge in [-0.2, -0.15) is 5.10 Å². The van der Waals surface area contributed by atoms with E-state index in [0.29, 0.717) is 0 Å². The van der Waals surface area contributed by atoms with Crippen LogP contribution in [-0.2, 0) is 7.05 Å². The summed E-state index contributed by atoms with van der Waals surface area (Å²) in [7, 11) is 1.86. The zero-order chi connectivity index (χ0) is 9.42. The molecule has 2 rings (SSSR count). The highest BCUT2D eigenvalue weighted by Crippen LogP contribution is 2.38. The number of rotatable bonds is 3. The van der Waals surface area contributed by atoms with Crippen molar-refractivity contribution in [2.24, 2.45) is 13.0 Å². The molecule has 1 aromatic rings. The first-order valence-electron chi connectivity index (χ1n) is 4.54. The van der Waals surface area contributed by atoms with Gasteiger partial charge in [0.25, 0.3) is 0 Å². The van der Waals surface area contributed by atoms with Crippen molar-refractivity contribution in [3.05, 3.63) is 16.4 Å². The lowest BCUT2D eigenvalue weighted by Gasteiger charge is -2.10. The molecule has 1 heterocycles. The van der Waals surface area contributed by atoms with E-state index in [4.69, 9.17) is 0 Å². The summed E-state index contributed by atoms with van der Waals surface area (Å²) in [4.78, 5) is 0. The molecule has 0 saturated heterocycles. The van der Waals surface area contributed by atoms with Gasteiger partial charge in [-0.1, -0.05) is 12.8 Å². The smallest absolute Gasteiger partial charge is 0.0970 e. The maximum atomic E-state index is 9.89. The van der Waals surface area contributed by atoms with Crippen LogP contribution in [0.4, 0.5) is 0 Å². The summed E-state index contributed by atoms with van der Waals surface area (Å²) in [5, 5.41) is 14.0. The minimum atomic E-state index is -0.366. The van der Waals surface area contributed by atoms with E-state index in [2.05, 4.69) is 21.0 Å². The van der Waals surface area contributed by atoms with Crippen molar-refractivity contribution in [3.63, 3.8) is 0 Å². The molecular formula is C9H13BrN2O. The minimum absolute atomic E-state index is 0.366. The van der Waals surface area contributed by atoms with Crippen molar-refractivity contribution in [3.8, 4) is 0 Å². The summed E-state index contributed by atoms with van der Waals surface area (Å²) in [6, 6.07) is 0. The molecular weight excluding hydrogens is 232 g/mol. The molecule has 1 aliphatic carbocycles. The normalized spacial score (nSPS) is 19.0. The van der Waals surface area contributed by atoms with Crippen LogP contribution >= 0.6 is 15.9 Å². The van der Waals surface area contributed by atoms with Crippen LogP contribution in [0.5, 0.6) is 0 Å². The molecule has 4 heteroatoms. The Morgan fingerprint density at radius 1 is 1.77 bits per heavy atom. The Bertz CT molecular complexity index is 287. The fourth-order valence-electron chi connectivity index (χ4n) is 1.58. The molecule has 1 unspecified atom stereocenters. The topological polar surface area (TPSA) is 38.0 Å². The number of aromatic nitrogens is 2. The van der Waals surface area contributed by atoms with E-state index in [-0.39, 0.29) is 6.10 Å². The molecule has 1 aliphatic rings. The van der Waals surface area contributed by atoms with Crippen LogP contribution in [0.3, 0.4) is 0 Å². The number of aryl methyl sites for hydroxylation is 1. The molecule has 72 valence electrons. The van der Waals surface area contributed by atoms with Crippen LogP contribution in [0.25, 0.3) is 0 Å². The van der Waals surface area contributed by atoms with Crippen molar-refractivity contribution < 1.29 is 5.11 Å². The third kappa shape index (κ3) is 1.94. The Kier molecular flexibility index (Phi) is 2.43. The molecule has 1 atom stereocenters. The van der Waals surface area contributed by atoms with Gasteiger partial charge in [-0.3, -0.25) is 4.68 Å². The van der Waals surface area contributed by atoms with Gasteiger partial charge in [0.2, 0.25) is 0 Å². The highest BCUT2D eigenvalue weighted by molar-refractivity contribution is 9.10. The molecule has 1 aromatic heterocycles. The van der Waals surface area contributed by atoms with Crippen molar-refractivity contribution in [2.75, 3.05) is 0 Å². The zero-order valence-electron chi connectivity index (χ0n) is 7.57. The molecule has 3 nitrogen and oxygen atoms in total. The van der Waals surface area contributed by atoms with Crippen LogP contribution in [-0.4, -0.2) is 14.9 Å². The number of aliphatic hydroxyl groups excluding tert-OH is 1. The second-order valence-corrected chi connectivity index (χ2v) is 4.55. The summed E-state index contributed by atoms with van der Waals surface area (Å²) < 4.78 is 2.64. The van der Waals surface area contributed by atoms with Crippen LogP contribution in [0, 0.1) is 5.92 Å². The molecule has 0 amide bonds. The minimum Gasteiger partial charge on any atom is -0.387 e. The van der Waals surface area contributed by atoms with Crippen LogP contribution in [0.1, 0.15) is 31.1 Å². The van der Waals surface area contributed by atoms with Gasteiger partial charge in [0.1, 0.15) is 0 Å². The molecule has 1 N–H and O–H groups in total. The van der Waals surface area contributed by atoms with Gasteiger partial charge >= 0.3 is 0 Å². The number of nitrogens with zero attached hydrogens (tertiary/aromatic N) is 2. The van der Waals surface area contributed by atoms with Crippen molar-refractivity contribution in [1.29, 1.82) is 0 Å². The van der Waals surface area contributed by atoms with Crippen molar-refractivity contribution in [2.45, 2.75) is 25.4 Å². The number of hydrogen-bond donors (Lipinski definition) is 1. The van der Waals surface area contributed by atoms with E-state index in [1.165, 1.54) is 12.8 Å². The maximum absolute atomic E-state index is 9.89. The van der Waals surface area contributed by atoms with Gasteiger partial charge < -0.3 is 5.11 Å². The third-order valence-electron chi connectivity index (χ3n) is 2.51. The Balaban J connectivity index is 2.12. The van der Waals surface area contributed by atoms with Gasteiger partial charge in [0, 0.05) is 7.05 Å². The summed E-state index contributed by atoms with van der Waals surface area (Å²) in [6.07, 6.45) is 4.78. The molecule has 0 aliphatic heterocycles. The van der Waals surface area contributed by atoms with Gasteiger partial charge in [0.05, 0.1) is 22.5 Å². The molecule has 1 saturated carbocycles. The lowest BCUT2D eigenvalue weighted by atomic mass is 10.1. The van der Waals surface area contributed by atoms with E-state index in [1.54, 1.807) is 10.9 Å². The predicted octanol–water partition coefficient (Wildman–Crippen LogP) is 2.02. The quantitative estimate of drug-likeness (QED) is 0.884. The molecule has 1 fully saturated rings. The lowest BCUT2D eigenvalue weighted by Crippen LogP contribution is -2.06. The molecule has 0 aromatic carbocycles. The Morgan fingerprint density at radius 2 is 2.46 bits per heavy atom. The maximum Gasteiger partial charge on any atom is 0.0970 e. The Hall–Kier alpha value is -0.350. The SMILES string of the molecule is Cn1ncc(Br)c1C(O)CC1CC1. The van der Waals surface area contributed by atoms with Gasteiger partial charge in [-0.25, -0.2) is 0 Å². The summed E-state index contributed by atoms with van der Waals surface area (Å²) in [6.45, 7) is 0. The van der Waals surface area contributed by atoms with E-state index in [9.17, 15) is 5.11 Å². The predicted molar refractivity (Wildman–Crippen MR) is 53.2 cm³/mol. The van der Waals surface area contributed by atoms with E-state index < -0.39 is 0 Å².